The Kier molecular flexibility index (Phi) is 3.33. The van der Waals surface area contributed by atoms with Crippen molar-refractivity contribution < 1.29 is 23.7 Å². The SMILES string of the molecule is CO[C@H]1C=C2CCN3Cc4cc5c(cc4[C@H]([C@@H]1OC(C)=O)[C@@H]23)OCO5. The highest BCUT2D eigenvalue weighted by Crippen LogP contribution is 2.50. The standard InChI is InChI=1S/C19H21NO5/c1-10(21)25-19-16(22-2)5-11-3-4-20-8-12-6-14-15(24-9-23-14)7-13(12)17(19)18(11)20/h5-7,16-19H,3-4,8-9H2,1-2H3/t16-,17-,18+,19+/m0/s1. The summed E-state index contributed by atoms with van der Waals surface area (Å²) in [6.45, 7) is 3.62. The summed E-state index contributed by atoms with van der Waals surface area (Å²) in [6, 6.07) is 4.42. The van der Waals surface area contributed by atoms with Gasteiger partial charge in [-0.1, -0.05) is 11.6 Å². The van der Waals surface area contributed by atoms with Crippen LogP contribution >= 0.6 is 0 Å². The van der Waals surface area contributed by atoms with E-state index >= 15 is 0 Å². The van der Waals surface area contributed by atoms with Gasteiger partial charge in [0, 0.05) is 39.1 Å². The lowest BCUT2D eigenvalue weighted by Crippen LogP contribution is -2.51. The van der Waals surface area contributed by atoms with Crippen LogP contribution in [-0.4, -0.2) is 49.6 Å². The molecule has 0 radical (unpaired) electrons. The Bertz CT molecular complexity index is 773. The Morgan fingerprint density at radius 3 is 2.84 bits per heavy atom. The first kappa shape index (κ1) is 15.2. The van der Waals surface area contributed by atoms with Crippen LogP contribution in [0.25, 0.3) is 0 Å². The molecule has 6 nitrogen and oxygen atoms in total. The van der Waals surface area contributed by atoms with Gasteiger partial charge in [-0.2, -0.15) is 0 Å². The highest BCUT2D eigenvalue weighted by atomic mass is 16.7. The summed E-state index contributed by atoms with van der Waals surface area (Å²) in [4.78, 5) is 14.2. The number of ether oxygens (including phenoxy) is 4. The van der Waals surface area contributed by atoms with E-state index in [0.29, 0.717) is 0 Å². The highest BCUT2D eigenvalue weighted by molar-refractivity contribution is 5.66. The molecule has 0 spiro atoms. The van der Waals surface area contributed by atoms with Gasteiger partial charge in [0.1, 0.15) is 12.2 Å². The third-order valence-electron chi connectivity index (χ3n) is 5.80. The Morgan fingerprint density at radius 1 is 1.28 bits per heavy atom. The molecule has 4 atom stereocenters. The van der Waals surface area contributed by atoms with E-state index in [9.17, 15) is 4.79 Å². The second-order valence-electron chi connectivity index (χ2n) is 7.11. The monoisotopic (exact) mass is 343 g/mol. The number of carbonyl (C=O) groups is 1. The van der Waals surface area contributed by atoms with Crippen molar-refractivity contribution in [3.8, 4) is 11.5 Å². The summed E-state index contributed by atoms with van der Waals surface area (Å²) in [5.41, 5.74) is 3.80. The second kappa shape index (κ2) is 5.47. The summed E-state index contributed by atoms with van der Waals surface area (Å²) >= 11 is 0. The van der Waals surface area contributed by atoms with Crippen LogP contribution in [-0.2, 0) is 20.8 Å². The molecule has 1 aromatic carbocycles. The van der Waals surface area contributed by atoms with Gasteiger partial charge in [0.2, 0.25) is 6.79 Å². The molecule has 0 N–H and O–H groups in total. The zero-order valence-electron chi connectivity index (χ0n) is 14.4. The fourth-order valence-corrected chi connectivity index (χ4v) is 4.85. The van der Waals surface area contributed by atoms with E-state index in [0.717, 1.165) is 31.0 Å². The molecule has 5 rings (SSSR count). The maximum Gasteiger partial charge on any atom is 0.303 e. The van der Waals surface area contributed by atoms with Crippen LogP contribution in [0.3, 0.4) is 0 Å². The fourth-order valence-electron chi connectivity index (χ4n) is 4.85. The average molecular weight is 343 g/mol. The third-order valence-corrected chi connectivity index (χ3v) is 5.80. The number of carbonyl (C=O) groups excluding carboxylic acids is 1. The van der Waals surface area contributed by atoms with Crippen molar-refractivity contribution in [3.63, 3.8) is 0 Å². The molecular formula is C19H21NO5. The van der Waals surface area contributed by atoms with E-state index in [1.807, 2.05) is 0 Å². The Balaban J connectivity index is 1.66. The first-order valence-electron chi connectivity index (χ1n) is 8.73. The van der Waals surface area contributed by atoms with Crippen LogP contribution in [0.5, 0.6) is 11.5 Å². The van der Waals surface area contributed by atoms with Gasteiger partial charge in [-0.05, 0) is 29.7 Å². The molecule has 3 heterocycles. The highest BCUT2D eigenvalue weighted by Gasteiger charge is 2.51. The van der Waals surface area contributed by atoms with Gasteiger partial charge < -0.3 is 18.9 Å². The third kappa shape index (κ3) is 2.20. The molecule has 6 heteroatoms. The lowest BCUT2D eigenvalue weighted by Gasteiger charge is -2.46. The van der Waals surface area contributed by atoms with Crippen LogP contribution in [0.1, 0.15) is 30.4 Å². The first-order chi connectivity index (χ1) is 12.2. The minimum absolute atomic E-state index is 0.0506. The largest absolute Gasteiger partial charge is 0.459 e. The van der Waals surface area contributed by atoms with Crippen LogP contribution in [0.15, 0.2) is 23.8 Å². The van der Waals surface area contributed by atoms with E-state index in [2.05, 4.69) is 23.1 Å². The number of rotatable bonds is 2. The zero-order chi connectivity index (χ0) is 17.1. The van der Waals surface area contributed by atoms with E-state index in [4.69, 9.17) is 18.9 Å². The minimum Gasteiger partial charge on any atom is -0.459 e. The lowest BCUT2D eigenvalue weighted by atomic mass is 9.73. The minimum atomic E-state index is -0.337. The molecule has 132 valence electrons. The molecule has 0 bridgehead atoms. The van der Waals surface area contributed by atoms with E-state index < -0.39 is 0 Å². The average Bonchev–Trinajstić information content (AvgIpc) is 3.20. The van der Waals surface area contributed by atoms with Crippen LogP contribution in [0, 0.1) is 0 Å². The smallest absolute Gasteiger partial charge is 0.303 e. The summed E-state index contributed by atoms with van der Waals surface area (Å²) in [5, 5.41) is 0. The van der Waals surface area contributed by atoms with Gasteiger partial charge in [-0.25, -0.2) is 0 Å². The van der Waals surface area contributed by atoms with Crippen molar-refractivity contribution in [2.24, 2.45) is 0 Å². The zero-order valence-corrected chi connectivity index (χ0v) is 14.4. The predicted octanol–water partition coefficient (Wildman–Crippen LogP) is 1.97. The van der Waals surface area contributed by atoms with Gasteiger partial charge in [0.05, 0.1) is 0 Å². The summed E-state index contributed by atoms with van der Waals surface area (Å²) in [6.07, 6.45) is 2.63. The van der Waals surface area contributed by atoms with Crippen molar-refractivity contribution in [2.45, 2.75) is 44.1 Å². The molecule has 0 saturated carbocycles. The number of hydrogen-bond acceptors (Lipinski definition) is 6. The molecule has 0 unspecified atom stereocenters. The number of esters is 1. The fraction of sp³-hybridized carbons (Fsp3) is 0.526. The molecule has 1 saturated heterocycles. The van der Waals surface area contributed by atoms with Gasteiger partial charge in [-0.15, -0.1) is 0 Å². The predicted molar refractivity (Wildman–Crippen MR) is 88.6 cm³/mol. The Morgan fingerprint density at radius 2 is 2.08 bits per heavy atom. The Hall–Kier alpha value is -2.05. The maximum absolute atomic E-state index is 11.8. The summed E-state index contributed by atoms with van der Waals surface area (Å²) in [7, 11) is 1.68. The lowest BCUT2D eigenvalue weighted by molar-refractivity contribution is -0.155. The van der Waals surface area contributed by atoms with Crippen LogP contribution < -0.4 is 9.47 Å². The molecule has 1 aliphatic carbocycles. The number of methoxy groups -OCH3 is 1. The van der Waals surface area contributed by atoms with Crippen molar-refractivity contribution in [1.82, 2.24) is 4.90 Å². The molecular weight excluding hydrogens is 322 g/mol. The summed E-state index contributed by atoms with van der Waals surface area (Å²) in [5.74, 6) is 1.35. The van der Waals surface area contributed by atoms with E-state index in [1.165, 1.54) is 23.6 Å². The van der Waals surface area contributed by atoms with Gasteiger partial charge in [0.15, 0.2) is 11.5 Å². The second-order valence-corrected chi connectivity index (χ2v) is 7.11. The van der Waals surface area contributed by atoms with E-state index in [-0.39, 0.29) is 36.9 Å². The molecule has 25 heavy (non-hydrogen) atoms. The van der Waals surface area contributed by atoms with Crippen LogP contribution in [0.4, 0.5) is 0 Å². The number of hydrogen-bond donors (Lipinski definition) is 0. The van der Waals surface area contributed by atoms with E-state index in [1.54, 1.807) is 7.11 Å². The van der Waals surface area contributed by atoms with Crippen molar-refractivity contribution >= 4 is 5.97 Å². The van der Waals surface area contributed by atoms with Gasteiger partial charge in [0.25, 0.3) is 0 Å². The quantitative estimate of drug-likeness (QED) is 0.604. The van der Waals surface area contributed by atoms with Crippen molar-refractivity contribution in [1.29, 1.82) is 0 Å². The topological polar surface area (TPSA) is 57.2 Å². The number of fused-ring (bicyclic) bond motifs is 3. The van der Waals surface area contributed by atoms with Crippen molar-refractivity contribution in [3.05, 3.63) is 34.9 Å². The van der Waals surface area contributed by atoms with Crippen LogP contribution in [0.2, 0.25) is 0 Å². The van der Waals surface area contributed by atoms with Gasteiger partial charge in [-0.3, -0.25) is 9.69 Å². The Labute approximate surface area is 146 Å². The maximum atomic E-state index is 11.8. The number of benzene rings is 1. The molecule has 3 aliphatic heterocycles. The molecule has 4 aliphatic rings. The normalized spacial score (nSPS) is 32.0. The first-order valence-corrected chi connectivity index (χ1v) is 8.73. The molecule has 0 amide bonds. The summed E-state index contributed by atoms with van der Waals surface area (Å²) < 4.78 is 22.6. The molecule has 1 fully saturated rings. The van der Waals surface area contributed by atoms with Crippen molar-refractivity contribution in [2.75, 3.05) is 20.4 Å². The number of nitrogens with zero attached hydrogens (tertiary/aromatic N) is 1. The molecule has 1 aromatic rings. The van der Waals surface area contributed by atoms with Gasteiger partial charge >= 0.3 is 5.97 Å². The molecule has 0 aromatic heterocycles.